The Balaban J connectivity index is 5.26. The lowest BCUT2D eigenvalue weighted by Crippen LogP contribution is -2.30. The molecule has 3 N–H and O–H groups in total. The lowest BCUT2D eigenvalue weighted by molar-refractivity contribution is -0.161. The third kappa shape index (κ3) is 76.8. The zero-order chi connectivity index (χ0) is 76.2. The van der Waals surface area contributed by atoms with Gasteiger partial charge < -0.3 is 33.8 Å². The maximum atomic E-state index is 13.1. The number of hydrogen-bond acceptors (Lipinski definition) is 15. The smallest absolute Gasteiger partial charge is 0.462 e. The van der Waals surface area contributed by atoms with Crippen molar-refractivity contribution >= 4 is 39.5 Å². The number of esters is 4. The standard InChI is InChI=1S/C85H166O17P2/c1-6-10-13-16-19-22-25-28-31-34-36-39-41-44-47-53-58-63-68-82(87)95-74-80(101-84(89)71-66-61-56-49-46-43-40-37-35-32-29-26-23-20-17-14-11-7-2)76-99-103(91,92)97-72-79(86)73-98-104(93,94)100-77-81(75-96-83(88)69-64-59-54-51-50-52-57-62-67-78(5)9-4)102-85(90)70-65-60-55-48-45-42-38-33-30-27-24-21-18-15-12-8-3/h78-81,86H,6-77H2,1-5H3,(H,91,92)(H,93,94)/t78?,79-,80-,81-/m1/s1. The van der Waals surface area contributed by atoms with E-state index in [0.717, 1.165) is 95.8 Å². The van der Waals surface area contributed by atoms with Gasteiger partial charge in [-0.25, -0.2) is 9.13 Å². The van der Waals surface area contributed by atoms with E-state index in [4.69, 9.17) is 37.0 Å². The zero-order valence-corrected chi connectivity index (χ0v) is 70.0. The van der Waals surface area contributed by atoms with E-state index in [1.54, 1.807) is 0 Å². The fraction of sp³-hybridized carbons (Fsp3) is 0.953. The minimum Gasteiger partial charge on any atom is -0.462 e. The lowest BCUT2D eigenvalue weighted by atomic mass is 9.99. The zero-order valence-electron chi connectivity index (χ0n) is 68.2. The van der Waals surface area contributed by atoms with E-state index in [9.17, 15) is 43.2 Å². The van der Waals surface area contributed by atoms with Gasteiger partial charge in [0.2, 0.25) is 0 Å². The molecule has 0 bridgehead atoms. The van der Waals surface area contributed by atoms with Crippen molar-refractivity contribution in [1.82, 2.24) is 0 Å². The Kier molecular flexibility index (Phi) is 76.3. The molecule has 618 valence electrons. The fourth-order valence-corrected chi connectivity index (χ4v) is 14.8. The van der Waals surface area contributed by atoms with Gasteiger partial charge in [-0.15, -0.1) is 0 Å². The summed E-state index contributed by atoms with van der Waals surface area (Å²) >= 11 is 0. The molecule has 0 aromatic heterocycles. The van der Waals surface area contributed by atoms with Gasteiger partial charge in [0.05, 0.1) is 26.4 Å². The molecule has 0 saturated heterocycles. The Hall–Kier alpha value is -1.94. The van der Waals surface area contributed by atoms with Crippen LogP contribution in [0.25, 0.3) is 0 Å². The normalized spacial score (nSPS) is 14.0. The van der Waals surface area contributed by atoms with Crippen LogP contribution >= 0.6 is 15.6 Å². The monoisotopic (exact) mass is 1520 g/mol. The number of rotatable bonds is 85. The van der Waals surface area contributed by atoms with E-state index in [-0.39, 0.29) is 25.7 Å². The summed E-state index contributed by atoms with van der Waals surface area (Å²) in [4.78, 5) is 73.2. The van der Waals surface area contributed by atoms with E-state index in [2.05, 4.69) is 34.6 Å². The number of carbonyl (C=O) groups excluding carboxylic acids is 4. The summed E-state index contributed by atoms with van der Waals surface area (Å²) in [5, 5.41) is 10.7. The Labute approximate surface area is 638 Å². The van der Waals surface area contributed by atoms with Gasteiger partial charge in [-0.2, -0.15) is 0 Å². The Bertz CT molecular complexity index is 1980. The molecule has 104 heavy (non-hydrogen) atoms. The summed E-state index contributed by atoms with van der Waals surface area (Å²) < 4.78 is 68.9. The first-order valence-electron chi connectivity index (χ1n) is 44.2. The van der Waals surface area contributed by atoms with Gasteiger partial charge in [-0.3, -0.25) is 37.3 Å². The number of unbranched alkanes of at least 4 members (excludes halogenated alkanes) is 56. The van der Waals surface area contributed by atoms with Crippen molar-refractivity contribution in [2.24, 2.45) is 5.92 Å². The Morgan fingerprint density at radius 2 is 0.462 bits per heavy atom. The summed E-state index contributed by atoms with van der Waals surface area (Å²) in [6, 6.07) is 0. The molecule has 0 aromatic carbocycles. The van der Waals surface area contributed by atoms with E-state index < -0.39 is 97.5 Å². The predicted octanol–water partition coefficient (Wildman–Crippen LogP) is 26.0. The molecule has 6 atom stereocenters. The number of phosphoric acid groups is 2. The van der Waals surface area contributed by atoms with Crippen molar-refractivity contribution in [2.75, 3.05) is 39.6 Å². The highest BCUT2D eigenvalue weighted by atomic mass is 31.2. The van der Waals surface area contributed by atoms with Gasteiger partial charge in [-0.1, -0.05) is 407 Å². The third-order valence-electron chi connectivity index (χ3n) is 20.4. The van der Waals surface area contributed by atoms with Crippen LogP contribution in [0.5, 0.6) is 0 Å². The van der Waals surface area contributed by atoms with E-state index in [0.29, 0.717) is 25.7 Å². The summed E-state index contributed by atoms with van der Waals surface area (Å²) in [5.41, 5.74) is 0. The van der Waals surface area contributed by atoms with Crippen molar-refractivity contribution in [1.29, 1.82) is 0 Å². The van der Waals surface area contributed by atoms with Gasteiger partial charge in [0.15, 0.2) is 12.2 Å². The van der Waals surface area contributed by atoms with Crippen LogP contribution in [0.1, 0.15) is 458 Å². The largest absolute Gasteiger partial charge is 0.472 e. The second-order valence-corrected chi connectivity index (χ2v) is 33.7. The highest BCUT2D eigenvalue weighted by Gasteiger charge is 2.30. The summed E-state index contributed by atoms with van der Waals surface area (Å²) in [5.74, 6) is -1.32. The molecular weight excluding hydrogens is 1350 g/mol. The average molecular weight is 1520 g/mol. The lowest BCUT2D eigenvalue weighted by Gasteiger charge is -2.21. The van der Waals surface area contributed by atoms with Crippen molar-refractivity contribution in [3.05, 3.63) is 0 Å². The number of hydrogen-bond donors (Lipinski definition) is 3. The third-order valence-corrected chi connectivity index (χ3v) is 22.3. The first-order chi connectivity index (χ1) is 50.6. The predicted molar refractivity (Wildman–Crippen MR) is 428 cm³/mol. The molecule has 0 rings (SSSR count). The molecule has 19 heteroatoms. The van der Waals surface area contributed by atoms with Crippen LogP contribution in [0, 0.1) is 5.92 Å². The molecule has 0 aliphatic rings. The van der Waals surface area contributed by atoms with Crippen molar-refractivity contribution in [2.45, 2.75) is 477 Å². The molecule has 0 aliphatic carbocycles. The van der Waals surface area contributed by atoms with Crippen molar-refractivity contribution in [3.8, 4) is 0 Å². The molecule has 3 unspecified atom stereocenters. The maximum absolute atomic E-state index is 13.1. The van der Waals surface area contributed by atoms with Crippen LogP contribution in [-0.2, 0) is 65.4 Å². The molecular formula is C85H166O17P2. The van der Waals surface area contributed by atoms with Crippen LogP contribution in [0.4, 0.5) is 0 Å². The minimum absolute atomic E-state index is 0.108. The van der Waals surface area contributed by atoms with E-state index in [1.807, 2.05) is 0 Å². The van der Waals surface area contributed by atoms with Gasteiger partial charge in [0.1, 0.15) is 19.3 Å². The maximum Gasteiger partial charge on any atom is 0.472 e. The number of aliphatic hydroxyl groups excluding tert-OH is 1. The first-order valence-corrected chi connectivity index (χ1v) is 47.2. The highest BCUT2D eigenvalue weighted by Crippen LogP contribution is 2.45. The molecule has 0 saturated carbocycles. The SMILES string of the molecule is CCCCCCCCCCCCCCCCCCCCC(=O)OC[C@H](COP(=O)(O)OC[C@@H](O)COP(=O)(O)OC[C@@H](COC(=O)CCCCCCCCCCC(C)CC)OC(=O)CCCCCCCCCCCCCCCCCC)OC(=O)CCCCCCCCCCCCCCCCCCCC. The second-order valence-electron chi connectivity index (χ2n) is 30.8. The highest BCUT2D eigenvalue weighted by molar-refractivity contribution is 7.47. The Morgan fingerprint density at radius 1 is 0.269 bits per heavy atom. The minimum atomic E-state index is -4.96. The van der Waals surface area contributed by atoms with Crippen LogP contribution in [0.15, 0.2) is 0 Å². The molecule has 0 aromatic rings. The van der Waals surface area contributed by atoms with Crippen LogP contribution in [0.3, 0.4) is 0 Å². The van der Waals surface area contributed by atoms with Gasteiger partial charge in [0, 0.05) is 25.7 Å². The molecule has 0 fully saturated rings. The molecule has 0 radical (unpaired) electrons. The molecule has 0 aliphatic heterocycles. The molecule has 0 amide bonds. The summed E-state index contributed by atoms with van der Waals surface area (Å²) in [6.07, 6.45) is 70.7. The summed E-state index contributed by atoms with van der Waals surface area (Å²) in [6.45, 7) is 7.37. The number of carbonyl (C=O) groups is 4. The second kappa shape index (κ2) is 77.8. The number of aliphatic hydroxyl groups is 1. The van der Waals surface area contributed by atoms with Crippen LogP contribution < -0.4 is 0 Å². The quantitative estimate of drug-likeness (QED) is 0.0222. The van der Waals surface area contributed by atoms with Crippen molar-refractivity contribution < 1.29 is 80.2 Å². The van der Waals surface area contributed by atoms with E-state index >= 15 is 0 Å². The molecule has 0 heterocycles. The topological polar surface area (TPSA) is 237 Å². The Morgan fingerprint density at radius 3 is 0.683 bits per heavy atom. The first kappa shape index (κ1) is 102. The van der Waals surface area contributed by atoms with Crippen molar-refractivity contribution in [3.63, 3.8) is 0 Å². The van der Waals surface area contributed by atoms with E-state index in [1.165, 1.54) is 283 Å². The summed E-state index contributed by atoms with van der Waals surface area (Å²) in [7, 11) is -9.93. The van der Waals surface area contributed by atoms with Crippen LogP contribution in [0.2, 0.25) is 0 Å². The fourth-order valence-electron chi connectivity index (χ4n) is 13.3. The average Bonchev–Trinajstić information content (AvgIpc) is 0.929. The van der Waals surface area contributed by atoms with Gasteiger partial charge in [0.25, 0.3) is 0 Å². The van der Waals surface area contributed by atoms with Crippen LogP contribution in [-0.4, -0.2) is 96.7 Å². The molecule has 17 nitrogen and oxygen atoms in total. The number of phosphoric ester groups is 2. The van der Waals surface area contributed by atoms with Gasteiger partial charge in [-0.05, 0) is 31.6 Å². The molecule has 0 spiro atoms. The number of ether oxygens (including phenoxy) is 4. The van der Waals surface area contributed by atoms with Gasteiger partial charge >= 0.3 is 39.5 Å².